The van der Waals surface area contributed by atoms with Crippen molar-refractivity contribution in [1.82, 2.24) is 4.40 Å². The average molecular weight is 447 g/mol. The van der Waals surface area contributed by atoms with Gasteiger partial charge in [0.25, 0.3) is 0 Å². The Morgan fingerprint density at radius 2 is 2.09 bits per heavy atom. The summed E-state index contributed by atoms with van der Waals surface area (Å²) >= 11 is 0. The van der Waals surface area contributed by atoms with Crippen LogP contribution < -0.4 is 9.47 Å². The van der Waals surface area contributed by atoms with E-state index in [1.54, 1.807) is 0 Å². The third-order valence-corrected chi connectivity index (χ3v) is 5.94. The van der Waals surface area contributed by atoms with Gasteiger partial charge in [0.2, 0.25) is 0 Å². The summed E-state index contributed by atoms with van der Waals surface area (Å²) in [6.45, 7) is 6.49. The number of benzene rings is 1. The van der Waals surface area contributed by atoms with Crippen molar-refractivity contribution >= 4 is 11.5 Å². The molecule has 33 heavy (non-hydrogen) atoms. The van der Waals surface area contributed by atoms with E-state index in [0.717, 1.165) is 36.1 Å². The number of rotatable bonds is 8. The zero-order valence-corrected chi connectivity index (χ0v) is 19.5. The Hall–Kier alpha value is -3.46. The zero-order valence-electron chi connectivity index (χ0n) is 19.5. The third kappa shape index (κ3) is 5.14. The van der Waals surface area contributed by atoms with Gasteiger partial charge in [0, 0.05) is 23.5 Å². The first-order chi connectivity index (χ1) is 16.0. The van der Waals surface area contributed by atoms with Gasteiger partial charge in [0.05, 0.1) is 24.7 Å². The number of fused-ring (bicyclic) bond motifs is 3. The minimum absolute atomic E-state index is 0.00989. The molecule has 0 saturated carbocycles. The van der Waals surface area contributed by atoms with Gasteiger partial charge >= 0.3 is 5.97 Å². The van der Waals surface area contributed by atoms with E-state index in [1.165, 1.54) is 11.3 Å². The number of hydrogen-bond donors (Lipinski definition) is 0. The Morgan fingerprint density at radius 3 is 2.85 bits per heavy atom. The quantitative estimate of drug-likeness (QED) is 0.424. The molecule has 0 amide bonds. The molecule has 0 aliphatic heterocycles. The number of hydrogen-bond acceptors (Lipinski definition) is 5. The summed E-state index contributed by atoms with van der Waals surface area (Å²) in [6.07, 6.45) is 5.55. The molecule has 6 heteroatoms. The molecule has 0 bridgehead atoms. The SMILES string of the molecule is CCOC(=O)CC1CCCc2c1cc1cc(OCc3ccc(OC(C)C)c(C#N)c3)ccn21. The van der Waals surface area contributed by atoms with Crippen LogP contribution in [0.15, 0.2) is 42.6 Å². The van der Waals surface area contributed by atoms with Crippen LogP contribution in [0, 0.1) is 11.3 Å². The number of carbonyl (C=O) groups excluding carboxylic acids is 1. The molecular weight excluding hydrogens is 416 g/mol. The molecule has 6 nitrogen and oxygen atoms in total. The van der Waals surface area contributed by atoms with Crippen molar-refractivity contribution in [2.75, 3.05) is 6.61 Å². The van der Waals surface area contributed by atoms with E-state index in [1.807, 2.05) is 57.3 Å². The summed E-state index contributed by atoms with van der Waals surface area (Å²) in [5, 5.41) is 9.44. The van der Waals surface area contributed by atoms with Crippen molar-refractivity contribution in [1.29, 1.82) is 5.26 Å². The molecule has 0 saturated heterocycles. The van der Waals surface area contributed by atoms with E-state index < -0.39 is 0 Å². The van der Waals surface area contributed by atoms with E-state index in [-0.39, 0.29) is 18.0 Å². The molecule has 1 atom stereocenters. The standard InChI is InChI=1S/C27H30N2O4/c1-4-31-27(30)13-20-6-5-7-25-24(20)15-22-14-23(10-11-29(22)25)32-17-19-8-9-26(33-18(2)3)21(12-19)16-28/h8-12,14-15,18,20H,4-7,13,17H2,1-3H3. The van der Waals surface area contributed by atoms with Gasteiger partial charge in [-0.05, 0) is 81.3 Å². The van der Waals surface area contributed by atoms with Gasteiger partial charge in [-0.1, -0.05) is 6.07 Å². The molecular formula is C27H30N2O4. The van der Waals surface area contributed by atoms with Gasteiger partial charge in [-0.25, -0.2) is 0 Å². The molecule has 1 aliphatic rings. The second-order valence-electron chi connectivity index (χ2n) is 8.70. The van der Waals surface area contributed by atoms with Crippen molar-refractivity contribution in [3.8, 4) is 17.6 Å². The molecule has 0 radical (unpaired) electrons. The zero-order chi connectivity index (χ0) is 23.4. The monoisotopic (exact) mass is 446 g/mol. The summed E-state index contributed by atoms with van der Waals surface area (Å²) in [5.74, 6) is 1.43. The van der Waals surface area contributed by atoms with Crippen molar-refractivity contribution in [3.05, 3.63) is 65.0 Å². The second kappa shape index (κ2) is 9.99. The maximum atomic E-state index is 12.1. The Kier molecular flexibility index (Phi) is 6.88. The summed E-state index contributed by atoms with van der Waals surface area (Å²) in [6, 6.07) is 13.9. The van der Waals surface area contributed by atoms with Crippen molar-refractivity contribution in [2.45, 2.75) is 65.1 Å². The van der Waals surface area contributed by atoms with Crippen molar-refractivity contribution in [2.24, 2.45) is 0 Å². The molecule has 1 aliphatic carbocycles. The Bertz CT molecular complexity index is 1190. The van der Waals surface area contributed by atoms with Gasteiger partial charge in [0.1, 0.15) is 24.2 Å². The Morgan fingerprint density at radius 1 is 1.24 bits per heavy atom. The number of ether oxygens (including phenoxy) is 3. The minimum atomic E-state index is -0.129. The first-order valence-corrected chi connectivity index (χ1v) is 11.6. The minimum Gasteiger partial charge on any atom is -0.490 e. The van der Waals surface area contributed by atoms with E-state index in [2.05, 4.69) is 16.5 Å². The van der Waals surface area contributed by atoms with Crippen molar-refractivity contribution < 1.29 is 19.0 Å². The van der Waals surface area contributed by atoms with Gasteiger partial charge in [0.15, 0.2) is 0 Å². The molecule has 1 unspecified atom stereocenters. The van der Waals surface area contributed by atoms with Crippen LogP contribution >= 0.6 is 0 Å². The number of esters is 1. The molecule has 2 aromatic heterocycles. The predicted octanol–water partition coefficient (Wildman–Crippen LogP) is 5.55. The van der Waals surface area contributed by atoms with Gasteiger partial charge in [-0.2, -0.15) is 5.26 Å². The van der Waals surface area contributed by atoms with Crippen LogP contribution in [0.25, 0.3) is 5.52 Å². The second-order valence-corrected chi connectivity index (χ2v) is 8.70. The van der Waals surface area contributed by atoms with Gasteiger partial charge < -0.3 is 18.6 Å². The Labute approximate surface area is 194 Å². The van der Waals surface area contributed by atoms with Crippen LogP contribution in [0.4, 0.5) is 0 Å². The molecule has 2 heterocycles. The first kappa shape index (κ1) is 22.7. The van der Waals surface area contributed by atoms with Crippen LogP contribution in [0.1, 0.15) is 68.3 Å². The number of aromatic nitrogens is 1. The summed E-state index contributed by atoms with van der Waals surface area (Å²) in [4.78, 5) is 12.1. The molecule has 0 fully saturated rings. The first-order valence-electron chi connectivity index (χ1n) is 11.6. The largest absolute Gasteiger partial charge is 0.490 e. The molecule has 0 spiro atoms. The fourth-order valence-electron chi connectivity index (χ4n) is 4.53. The normalized spacial score (nSPS) is 15.2. The average Bonchev–Trinajstić information content (AvgIpc) is 3.17. The maximum absolute atomic E-state index is 12.1. The smallest absolute Gasteiger partial charge is 0.306 e. The van der Waals surface area contributed by atoms with Crippen LogP contribution in [-0.2, 0) is 22.6 Å². The lowest BCUT2D eigenvalue weighted by molar-refractivity contribution is -0.143. The van der Waals surface area contributed by atoms with E-state index in [0.29, 0.717) is 30.9 Å². The highest BCUT2D eigenvalue weighted by Crippen LogP contribution is 2.37. The number of carbonyl (C=O) groups is 1. The highest BCUT2D eigenvalue weighted by atomic mass is 16.5. The Balaban J connectivity index is 1.50. The van der Waals surface area contributed by atoms with E-state index in [4.69, 9.17) is 14.2 Å². The van der Waals surface area contributed by atoms with Crippen LogP contribution in [-0.4, -0.2) is 23.1 Å². The summed E-state index contributed by atoms with van der Waals surface area (Å²) in [7, 11) is 0. The number of nitriles is 1. The van der Waals surface area contributed by atoms with E-state index >= 15 is 0 Å². The molecule has 4 rings (SSSR count). The summed E-state index contributed by atoms with van der Waals surface area (Å²) in [5.41, 5.74) is 4.99. The topological polar surface area (TPSA) is 73.0 Å². The van der Waals surface area contributed by atoms with Crippen LogP contribution in [0.2, 0.25) is 0 Å². The van der Waals surface area contributed by atoms with E-state index in [9.17, 15) is 10.1 Å². The van der Waals surface area contributed by atoms with Crippen LogP contribution in [0.5, 0.6) is 11.5 Å². The van der Waals surface area contributed by atoms with Crippen molar-refractivity contribution in [3.63, 3.8) is 0 Å². The fraction of sp³-hybridized carbons (Fsp3) is 0.407. The number of nitrogens with zero attached hydrogens (tertiary/aromatic N) is 2. The third-order valence-electron chi connectivity index (χ3n) is 5.94. The summed E-state index contributed by atoms with van der Waals surface area (Å²) < 4.78 is 19.1. The highest BCUT2D eigenvalue weighted by Gasteiger charge is 2.26. The molecule has 3 aromatic rings. The maximum Gasteiger partial charge on any atom is 0.306 e. The molecule has 1 aromatic carbocycles. The molecule has 0 N–H and O–H groups in total. The fourth-order valence-corrected chi connectivity index (χ4v) is 4.53. The lowest BCUT2D eigenvalue weighted by atomic mass is 9.85. The predicted molar refractivity (Wildman–Crippen MR) is 126 cm³/mol. The highest BCUT2D eigenvalue weighted by molar-refractivity contribution is 5.71. The van der Waals surface area contributed by atoms with Crippen LogP contribution in [0.3, 0.4) is 0 Å². The van der Waals surface area contributed by atoms with Gasteiger partial charge in [-0.15, -0.1) is 0 Å². The lowest BCUT2D eigenvalue weighted by Gasteiger charge is -2.22. The number of pyridine rings is 1. The molecule has 172 valence electrons. The lowest BCUT2D eigenvalue weighted by Crippen LogP contribution is -2.15. The number of aryl methyl sites for hydroxylation is 1. The van der Waals surface area contributed by atoms with Gasteiger partial charge in [-0.3, -0.25) is 4.79 Å².